The van der Waals surface area contributed by atoms with Gasteiger partial charge in [0.25, 0.3) is 5.91 Å². The van der Waals surface area contributed by atoms with E-state index in [2.05, 4.69) is 20.6 Å². The first-order valence-electron chi connectivity index (χ1n) is 9.87. The molecule has 1 amide bonds. The van der Waals surface area contributed by atoms with Crippen LogP contribution in [0, 0.1) is 0 Å². The maximum Gasteiger partial charge on any atom is 0.435 e. The molecule has 0 saturated heterocycles. The van der Waals surface area contributed by atoms with Crippen molar-refractivity contribution in [1.29, 1.82) is 0 Å². The molecule has 32 heavy (non-hydrogen) atoms. The zero-order valence-electron chi connectivity index (χ0n) is 17.8. The Bertz CT molecular complexity index is 984. The normalized spacial score (nSPS) is 15.2. The van der Waals surface area contributed by atoms with Crippen LogP contribution in [0.3, 0.4) is 0 Å². The standard InChI is InChI=1S/C20H23ClF3N7O/c1-4-14(12-25-18-8-7-17(27-28-18)20(22,23)24)30(3)19(32)15-11-13(21)5-6-16(15)31-26-9-10-29(31)2/h5-9,11,14H,4,10,12H2,1-3H3,(H,25,28)/t14-/m0/s1. The predicted octanol–water partition coefficient (Wildman–Crippen LogP) is 3.76. The van der Waals surface area contributed by atoms with Crippen molar-refractivity contribution in [3.8, 4) is 0 Å². The Hall–Kier alpha value is -2.92. The third kappa shape index (κ3) is 5.28. The van der Waals surface area contributed by atoms with Crippen LogP contribution in [0.25, 0.3) is 0 Å². The van der Waals surface area contributed by atoms with Crippen LogP contribution in [0.1, 0.15) is 29.4 Å². The number of aromatic nitrogens is 2. The zero-order valence-corrected chi connectivity index (χ0v) is 18.5. The first kappa shape index (κ1) is 23.7. The molecule has 2 aromatic rings. The predicted molar refractivity (Wildman–Crippen MR) is 117 cm³/mol. The molecule has 8 nitrogen and oxygen atoms in total. The number of nitrogens with zero attached hydrogens (tertiary/aromatic N) is 6. The molecule has 0 unspecified atom stereocenters. The SMILES string of the molecule is CC[C@@H](CNc1ccc(C(F)(F)F)nn1)N(C)C(=O)c1cc(Cl)ccc1N1N=CCN1C. The Kier molecular flexibility index (Phi) is 7.19. The molecule has 0 radical (unpaired) electrons. The Labute approximate surface area is 188 Å². The van der Waals surface area contributed by atoms with Gasteiger partial charge in [-0.1, -0.05) is 18.5 Å². The number of likely N-dealkylation sites (N-methyl/N-ethyl adjacent to an activating group) is 1. The number of alkyl halides is 3. The van der Waals surface area contributed by atoms with Gasteiger partial charge in [0.15, 0.2) is 5.69 Å². The summed E-state index contributed by atoms with van der Waals surface area (Å²) in [4.78, 5) is 14.9. The quantitative estimate of drug-likeness (QED) is 0.665. The number of hydrazine groups is 1. The van der Waals surface area contributed by atoms with Crippen molar-refractivity contribution in [2.45, 2.75) is 25.6 Å². The van der Waals surface area contributed by atoms with E-state index in [1.807, 2.05) is 19.0 Å². The average Bonchev–Trinajstić information content (AvgIpc) is 3.18. The summed E-state index contributed by atoms with van der Waals surface area (Å²) in [5.74, 6) is -0.0704. The van der Waals surface area contributed by atoms with E-state index in [4.69, 9.17) is 11.6 Å². The number of carbonyl (C=O) groups excluding carboxylic acids is 1. The molecule has 1 N–H and O–H groups in total. The molecule has 0 bridgehead atoms. The number of halogens is 4. The number of nitrogens with one attached hydrogen (secondary N) is 1. The summed E-state index contributed by atoms with van der Waals surface area (Å²) in [6.07, 6.45) is -2.22. The van der Waals surface area contributed by atoms with E-state index in [-0.39, 0.29) is 24.3 Å². The van der Waals surface area contributed by atoms with Gasteiger partial charge in [-0.3, -0.25) is 4.79 Å². The Morgan fingerprint density at radius 3 is 2.59 bits per heavy atom. The van der Waals surface area contributed by atoms with E-state index in [0.29, 0.717) is 29.2 Å². The van der Waals surface area contributed by atoms with Crippen LogP contribution in [0.2, 0.25) is 5.02 Å². The van der Waals surface area contributed by atoms with Gasteiger partial charge in [-0.2, -0.15) is 28.4 Å². The second kappa shape index (κ2) is 9.70. The van der Waals surface area contributed by atoms with Crippen molar-refractivity contribution in [3.63, 3.8) is 0 Å². The maximum absolute atomic E-state index is 13.3. The number of anilines is 2. The highest BCUT2D eigenvalue weighted by atomic mass is 35.5. The van der Waals surface area contributed by atoms with E-state index in [1.165, 1.54) is 6.07 Å². The number of hydrazone groups is 1. The molecule has 1 atom stereocenters. The molecule has 0 fully saturated rings. The topological polar surface area (TPSA) is 77.0 Å². The van der Waals surface area contributed by atoms with Crippen LogP contribution < -0.4 is 10.4 Å². The van der Waals surface area contributed by atoms with Gasteiger partial charge >= 0.3 is 6.18 Å². The van der Waals surface area contributed by atoms with Crippen LogP contribution in [0.5, 0.6) is 0 Å². The maximum atomic E-state index is 13.3. The molecule has 172 valence electrons. The summed E-state index contributed by atoms with van der Waals surface area (Å²) in [5.41, 5.74) is -0.0806. The fourth-order valence-electron chi connectivity index (χ4n) is 3.21. The zero-order chi connectivity index (χ0) is 23.5. The van der Waals surface area contributed by atoms with Gasteiger partial charge in [-0.05, 0) is 36.8 Å². The van der Waals surface area contributed by atoms with Crippen LogP contribution >= 0.6 is 11.6 Å². The van der Waals surface area contributed by atoms with Gasteiger partial charge in [0.1, 0.15) is 5.82 Å². The highest BCUT2D eigenvalue weighted by Gasteiger charge is 2.33. The first-order valence-corrected chi connectivity index (χ1v) is 10.2. The third-order valence-corrected chi connectivity index (χ3v) is 5.31. The fourth-order valence-corrected chi connectivity index (χ4v) is 3.38. The van der Waals surface area contributed by atoms with Gasteiger partial charge in [-0.25, -0.2) is 0 Å². The molecule has 0 saturated carbocycles. The molecule has 0 aliphatic carbocycles. The van der Waals surface area contributed by atoms with Gasteiger partial charge in [-0.15, -0.1) is 10.2 Å². The molecular weight excluding hydrogens is 447 g/mol. The lowest BCUT2D eigenvalue weighted by Crippen LogP contribution is -2.42. The molecule has 1 aliphatic rings. The fraction of sp³-hybridized carbons (Fsp3) is 0.400. The van der Waals surface area contributed by atoms with Crippen molar-refractivity contribution in [3.05, 3.63) is 46.6 Å². The van der Waals surface area contributed by atoms with Gasteiger partial charge in [0.05, 0.1) is 17.8 Å². The molecule has 1 aromatic heterocycles. The molecule has 1 aromatic carbocycles. The van der Waals surface area contributed by atoms with E-state index in [1.54, 1.807) is 41.5 Å². The average molecular weight is 470 g/mol. The molecule has 3 rings (SSSR count). The summed E-state index contributed by atoms with van der Waals surface area (Å²) in [6.45, 7) is 2.80. The largest absolute Gasteiger partial charge is 0.435 e. The highest BCUT2D eigenvalue weighted by Crippen LogP contribution is 2.29. The Morgan fingerprint density at radius 2 is 2.03 bits per heavy atom. The van der Waals surface area contributed by atoms with Crippen LogP contribution in [-0.4, -0.2) is 65.5 Å². The monoisotopic (exact) mass is 469 g/mol. The second-order valence-electron chi connectivity index (χ2n) is 7.25. The van der Waals surface area contributed by atoms with Gasteiger partial charge in [0.2, 0.25) is 0 Å². The van der Waals surface area contributed by atoms with E-state index in [9.17, 15) is 18.0 Å². The van der Waals surface area contributed by atoms with Gasteiger partial charge < -0.3 is 10.2 Å². The highest BCUT2D eigenvalue weighted by molar-refractivity contribution is 6.31. The smallest absolute Gasteiger partial charge is 0.367 e. The minimum atomic E-state index is -4.55. The summed E-state index contributed by atoms with van der Waals surface area (Å²) in [7, 11) is 3.52. The minimum absolute atomic E-state index is 0.189. The molecule has 1 aliphatic heterocycles. The van der Waals surface area contributed by atoms with E-state index in [0.717, 1.165) is 6.07 Å². The van der Waals surface area contributed by atoms with Crippen LogP contribution in [-0.2, 0) is 6.18 Å². The third-order valence-electron chi connectivity index (χ3n) is 5.08. The van der Waals surface area contributed by atoms with Crippen molar-refractivity contribution < 1.29 is 18.0 Å². The van der Waals surface area contributed by atoms with Gasteiger partial charge in [0, 0.05) is 37.9 Å². The minimum Gasteiger partial charge on any atom is -0.367 e. The lowest BCUT2D eigenvalue weighted by molar-refractivity contribution is -0.141. The molecular formula is C20H23ClF3N7O. The lowest BCUT2D eigenvalue weighted by Gasteiger charge is -2.30. The van der Waals surface area contributed by atoms with Crippen molar-refractivity contribution in [2.75, 3.05) is 37.6 Å². The Morgan fingerprint density at radius 1 is 1.28 bits per heavy atom. The van der Waals surface area contributed by atoms with Crippen molar-refractivity contribution in [1.82, 2.24) is 20.1 Å². The summed E-state index contributed by atoms with van der Waals surface area (Å²) < 4.78 is 37.9. The number of hydrogen-bond donors (Lipinski definition) is 1. The van der Waals surface area contributed by atoms with Crippen LogP contribution in [0.15, 0.2) is 35.4 Å². The van der Waals surface area contributed by atoms with Crippen LogP contribution in [0.4, 0.5) is 24.7 Å². The second-order valence-corrected chi connectivity index (χ2v) is 7.69. The van der Waals surface area contributed by atoms with E-state index >= 15 is 0 Å². The summed E-state index contributed by atoms with van der Waals surface area (Å²) in [6, 6.07) is 6.82. The summed E-state index contributed by atoms with van der Waals surface area (Å²) in [5, 5.41) is 17.9. The Balaban J connectivity index is 1.74. The number of amides is 1. The first-order chi connectivity index (χ1) is 15.1. The summed E-state index contributed by atoms with van der Waals surface area (Å²) >= 11 is 6.16. The van der Waals surface area contributed by atoms with Crippen molar-refractivity contribution >= 4 is 35.2 Å². The number of hydrogen-bond acceptors (Lipinski definition) is 7. The number of rotatable bonds is 7. The van der Waals surface area contributed by atoms with Crippen molar-refractivity contribution in [2.24, 2.45) is 5.10 Å². The number of carbonyl (C=O) groups is 1. The molecule has 0 spiro atoms. The lowest BCUT2D eigenvalue weighted by atomic mass is 10.1. The molecule has 2 heterocycles. The molecule has 12 heteroatoms. The van der Waals surface area contributed by atoms with E-state index < -0.39 is 11.9 Å². The number of benzene rings is 1.